The summed E-state index contributed by atoms with van der Waals surface area (Å²) in [6.45, 7) is 5.62. The molecule has 2 N–H and O–H groups in total. The number of allylic oxidation sites excluding steroid dienone is 1. The Labute approximate surface area is 83.8 Å². The van der Waals surface area contributed by atoms with Crippen LogP contribution >= 0.6 is 0 Å². The van der Waals surface area contributed by atoms with Crippen molar-refractivity contribution in [2.75, 3.05) is 0 Å². The third kappa shape index (κ3) is 1.80. The Kier molecular flexibility index (Phi) is 2.98. The van der Waals surface area contributed by atoms with Crippen LogP contribution in [0.4, 0.5) is 0 Å². The number of furan rings is 1. The van der Waals surface area contributed by atoms with Crippen molar-refractivity contribution in [3.05, 3.63) is 28.7 Å². The first-order valence-electron chi connectivity index (χ1n) is 4.56. The summed E-state index contributed by atoms with van der Waals surface area (Å²) < 4.78 is 5.35. The minimum atomic E-state index is 0.532. The maximum absolute atomic E-state index is 8.84. The molecule has 1 aromatic rings. The Morgan fingerprint density at radius 3 is 2.57 bits per heavy atom. The minimum Gasteiger partial charge on any atom is -0.466 e. The predicted octanol–water partition coefficient (Wildman–Crippen LogP) is 2.50. The van der Waals surface area contributed by atoms with E-state index in [-0.39, 0.29) is 0 Å². The lowest BCUT2D eigenvalue weighted by molar-refractivity contribution is 0.504. The molecule has 0 radical (unpaired) electrons. The molecule has 0 unspecified atom stereocenters. The smallest absolute Gasteiger partial charge is 0.110 e. The molecule has 0 amide bonds. The zero-order valence-electron chi connectivity index (χ0n) is 8.72. The number of hydrogen-bond donors (Lipinski definition) is 1. The van der Waals surface area contributed by atoms with Gasteiger partial charge in [0.2, 0.25) is 0 Å². The second kappa shape index (κ2) is 4.01. The third-order valence-corrected chi connectivity index (χ3v) is 2.14. The van der Waals surface area contributed by atoms with Crippen molar-refractivity contribution in [1.82, 2.24) is 0 Å². The number of nitriles is 1. The summed E-state index contributed by atoms with van der Waals surface area (Å²) in [4.78, 5) is 0. The largest absolute Gasteiger partial charge is 0.466 e. The Bertz CT molecular complexity index is 407. The molecule has 14 heavy (non-hydrogen) atoms. The molecule has 0 saturated heterocycles. The number of aryl methyl sites for hydroxylation is 2. The van der Waals surface area contributed by atoms with Crippen LogP contribution in [0.25, 0.3) is 5.70 Å². The number of hydrogen-bond acceptors (Lipinski definition) is 3. The normalized spacial score (nSPS) is 12.1. The fourth-order valence-electron chi connectivity index (χ4n) is 1.39. The summed E-state index contributed by atoms with van der Waals surface area (Å²) in [6, 6.07) is 3.96. The predicted molar refractivity (Wildman–Crippen MR) is 55.2 cm³/mol. The van der Waals surface area contributed by atoms with Crippen LogP contribution < -0.4 is 5.73 Å². The van der Waals surface area contributed by atoms with E-state index in [2.05, 4.69) is 6.07 Å². The maximum Gasteiger partial charge on any atom is 0.110 e. The molecule has 0 bridgehead atoms. The van der Waals surface area contributed by atoms with Gasteiger partial charge in [0.15, 0.2) is 0 Å². The van der Waals surface area contributed by atoms with E-state index < -0.39 is 0 Å². The van der Waals surface area contributed by atoms with E-state index in [1.165, 1.54) is 0 Å². The van der Waals surface area contributed by atoms with E-state index in [0.717, 1.165) is 17.1 Å². The van der Waals surface area contributed by atoms with Gasteiger partial charge >= 0.3 is 0 Å². The van der Waals surface area contributed by atoms with Crippen molar-refractivity contribution in [1.29, 1.82) is 5.26 Å². The molecule has 3 heteroatoms. The lowest BCUT2D eigenvalue weighted by atomic mass is 10.1. The molecule has 0 aliphatic rings. The summed E-state index contributed by atoms with van der Waals surface area (Å²) in [5, 5.41) is 8.84. The average molecular weight is 190 g/mol. The van der Waals surface area contributed by atoms with Gasteiger partial charge in [0.25, 0.3) is 0 Å². The number of rotatable bonds is 2. The Morgan fingerprint density at radius 1 is 1.57 bits per heavy atom. The van der Waals surface area contributed by atoms with Gasteiger partial charge in [0.1, 0.15) is 11.5 Å². The Morgan fingerprint density at radius 2 is 2.21 bits per heavy atom. The second-order valence-electron chi connectivity index (χ2n) is 3.18. The van der Waals surface area contributed by atoms with Crippen LogP contribution in [0.15, 0.2) is 16.1 Å². The van der Waals surface area contributed by atoms with E-state index >= 15 is 0 Å². The van der Waals surface area contributed by atoms with Crippen LogP contribution in [0.5, 0.6) is 0 Å². The molecule has 0 aliphatic carbocycles. The summed E-state index contributed by atoms with van der Waals surface area (Å²) >= 11 is 0. The van der Waals surface area contributed by atoms with Gasteiger partial charge in [-0.25, -0.2) is 0 Å². The molecule has 1 heterocycles. The van der Waals surface area contributed by atoms with Crippen molar-refractivity contribution in [3.8, 4) is 6.07 Å². The highest BCUT2D eigenvalue weighted by Crippen LogP contribution is 2.22. The van der Waals surface area contributed by atoms with Crippen molar-refractivity contribution in [2.45, 2.75) is 27.2 Å². The fraction of sp³-hybridized carbons (Fsp3) is 0.364. The molecule has 0 aromatic carbocycles. The molecule has 1 rings (SSSR count). The second-order valence-corrected chi connectivity index (χ2v) is 3.18. The monoisotopic (exact) mass is 190 g/mol. The summed E-state index contributed by atoms with van der Waals surface area (Å²) in [5.74, 6) is 1.58. The van der Waals surface area contributed by atoms with E-state index in [0.29, 0.717) is 17.7 Å². The summed E-state index contributed by atoms with van der Waals surface area (Å²) in [7, 11) is 0. The number of nitrogens with two attached hydrogens (primary N) is 1. The zero-order chi connectivity index (χ0) is 10.7. The van der Waals surface area contributed by atoms with Crippen LogP contribution in [-0.2, 0) is 0 Å². The lowest BCUT2D eigenvalue weighted by Gasteiger charge is -2.01. The van der Waals surface area contributed by atoms with Gasteiger partial charge < -0.3 is 10.2 Å². The third-order valence-electron chi connectivity index (χ3n) is 2.14. The molecule has 0 aliphatic heterocycles. The van der Waals surface area contributed by atoms with Gasteiger partial charge in [-0.15, -0.1) is 0 Å². The summed E-state index contributed by atoms with van der Waals surface area (Å²) in [5.41, 5.74) is 7.84. The molecule has 0 spiro atoms. The van der Waals surface area contributed by atoms with Gasteiger partial charge in [0, 0.05) is 5.56 Å². The molecule has 0 atom stereocenters. The standard InChI is InChI=1S/C11H14N2O/c1-4-9(6-12)11(13)10-5-7(2)14-8(10)3/h5H,4,13H2,1-3H3/b11-9-. The van der Waals surface area contributed by atoms with Crippen LogP contribution in [0.3, 0.4) is 0 Å². The molecule has 1 aromatic heterocycles. The van der Waals surface area contributed by atoms with Gasteiger partial charge in [-0.2, -0.15) is 5.26 Å². The van der Waals surface area contributed by atoms with E-state index in [9.17, 15) is 0 Å². The Balaban J connectivity index is 3.24. The quantitative estimate of drug-likeness (QED) is 0.729. The molecule has 3 nitrogen and oxygen atoms in total. The van der Waals surface area contributed by atoms with Crippen molar-refractivity contribution in [2.24, 2.45) is 5.73 Å². The average Bonchev–Trinajstić information content (AvgIpc) is 2.47. The topological polar surface area (TPSA) is 63.0 Å². The highest BCUT2D eigenvalue weighted by molar-refractivity contribution is 5.70. The highest BCUT2D eigenvalue weighted by atomic mass is 16.3. The molecular formula is C11H14N2O. The SMILES string of the molecule is CC/C(C#N)=C(/N)c1cc(C)oc1C. The molecular weight excluding hydrogens is 176 g/mol. The van der Waals surface area contributed by atoms with Crippen LogP contribution in [0, 0.1) is 25.2 Å². The fourth-order valence-corrected chi connectivity index (χ4v) is 1.39. The van der Waals surface area contributed by atoms with Gasteiger partial charge in [-0.05, 0) is 26.3 Å². The van der Waals surface area contributed by atoms with E-state index in [4.69, 9.17) is 15.4 Å². The van der Waals surface area contributed by atoms with E-state index in [1.807, 2.05) is 26.8 Å². The maximum atomic E-state index is 8.84. The zero-order valence-corrected chi connectivity index (χ0v) is 8.72. The van der Waals surface area contributed by atoms with Crippen molar-refractivity contribution < 1.29 is 4.42 Å². The molecule has 0 saturated carbocycles. The Hall–Kier alpha value is -1.69. The first kappa shape index (κ1) is 10.4. The minimum absolute atomic E-state index is 0.532. The van der Waals surface area contributed by atoms with Crippen LogP contribution in [0.2, 0.25) is 0 Å². The first-order valence-corrected chi connectivity index (χ1v) is 4.56. The lowest BCUT2D eigenvalue weighted by Crippen LogP contribution is -2.00. The highest BCUT2D eigenvalue weighted by Gasteiger charge is 2.10. The first-order chi connectivity index (χ1) is 6.60. The van der Waals surface area contributed by atoms with Gasteiger partial charge in [0.05, 0.1) is 17.3 Å². The molecule has 74 valence electrons. The van der Waals surface area contributed by atoms with Gasteiger partial charge in [-0.1, -0.05) is 6.92 Å². The summed E-state index contributed by atoms with van der Waals surface area (Å²) in [6.07, 6.45) is 0.645. The molecule has 0 fully saturated rings. The van der Waals surface area contributed by atoms with Crippen molar-refractivity contribution >= 4 is 5.70 Å². The van der Waals surface area contributed by atoms with Crippen LogP contribution in [0.1, 0.15) is 30.4 Å². The van der Waals surface area contributed by atoms with Gasteiger partial charge in [-0.3, -0.25) is 0 Å². The number of nitrogens with zero attached hydrogens (tertiary/aromatic N) is 1. The van der Waals surface area contributed by atoms with E-state index in [1.54, 1.807) is 0 Å². The van der Waals surface area contributed by atoms with Crippen molar-refractivity contribution in [3.63, 3.8) is 0 Å². The van der Waals surface area contributed by atoms with Crippen LogP contribution in [-0.4, -0.2) is 0 Å².